The molecule has 1 amide bonds. The fourth-order valence-corrected chi connectivity index (χ4v) is 2.47. The molecule has 1 aromatic heterocycles. The molecule has 1 aliphatic rings. The van der Waals surface area contributed by atoms with E-state index < -0.39 is 0 Å². The van der Waals surface area contributed by atoms with Crippen LogP contribution in [-0.4, -0.2) is 58.3 Å². The molecule has 24 heavy (non-hydrogen) atoms. The van der Waals surface area contributed by atoms with Crippen molar-refractivity contribution in [2.45, 2.75) is 6.54 Å². The van der Waals surface area contributed by atoms with Crippen molar-refractivity contribution in [2.75, 3.05) is 38.0 Å². The van der Waals surface area contributed by atoms with Crippen molar-refractivity contribution in [3.05, 3.63) is 42.5 Å². The summed E-state index contributed by atoms with van der Waals surface area (Å²) < 4.78 is 1.76. The first kappa shape index (κ1) is 20.4. The van der Waals surface area contributed by atoms with E-state index in [1.54, 1.807) is 11.0 Å². The van der Waals surface area contributed by atoms with Crippen molar-refractivity contribution in [3.8, 4) is 0 Å². The molecule has 1 saturated heterocycles. The van der Waals surface area contributed by atoms with Gasteiger partial charge in [-0.25, -0.2) is 9.67 Å². The van der Waals surface area contributed by atoms with Gasteiger partial charge in [-0.3, -0.25) is 9.69 Å². The highest BCUT2D eigenvalue weighted by Gasteiger charge is 2.13. The van der Waals surface area contributed by atoms with Gasteiger partial charge in [0, 0.05) is 31.9 Å². The second-order valence-electron chi connectivity index (χ2n) is 5.36. The van der Waals surface area contributed by atoms with Gasteiger partial charge in [0.15, 0.2) is 0 Å². The molecule has 2 N–H and O–H groups in total. The summed E-state index contributed by atoms with van der Waals surface area (Å²) in [6.45, 7) is 4.86. The molecule has 3 rings (SSSR count). The van der Waals surface area contributed by atoms with Crippen LogP contribution in [0.15, 0.2) is 36.9 Å². The monoisotopic (exact) mass is 372 g/mol. The largest absolute Gasteiger partial charge is 0.325 e. The van der Waals surface area contributed by atoms with Crippen LogP contribution >= 0.6 is 24.8 Å². The second-order valence-corrected chi connectivity index (χ2v) is 5.36. The van der Waals surface area contributed by atoms with Crippen LogP contribution in [0.25, 0.3) is 0 Å². The van der Waals surface area contributed by atoms with E-state index in [-0.39, 0.29) is 30.7 Å². The van der Waals surface area contributed by atoms with Crippen LogP contribution in [0.1, 0.15) is 5.56 Å². The number of carbonyl (C=O) groups excluding carboxylic acids is 1. The van der Waals surface area contributed by atoms with Crippen LogP contribution in [0.5, 0.6) is 0 Å². The number of amides is 1. The molecule has 1 aliphatic heterocycles. The number of benzene rings is 1. The van der Waals surface area contributed by atoms with Gasteiger partial charge in [0.2, 0.25) is 5.91 Å². The summed E-state index contributed by atoms with van der Waals surface area (Å²) in [6, 6.07) is 7.81. The highest BCUT2D eigenvalue weighted by molar-refractivity contribution is 5.92. The van der Waals surface area contributed by atoms with E-state index in [4.69, 9.17) is 0 Å². The fraction of sp³-hybridized carbons (Fsp3) is 0.400. The molecule has 9 heteroatoms. The highest BCUT2D eigenvalue weighted by atomic mass is 35.5. The Bertz CT molecular complexity index is 599. The van der Waals surface area contributed by atoms with E-state index in [1.165, 1.54) is 6.33 Å². The molecule has 0 spiro atoms. The Labute approximate surface area is 153 Å². The third-order valence-corrected chi connectivity index (χ3v) is 3.63. The van der Waals surface area contributed by atoms with E-state index in [0.29, 0.717) is 13.1 Å². The number of carbonyl (C=O) groups is 1. The van der Waals surface area contributed by atoms with Crippen LogP contribution in [-0.2, 0) is 11.3 Å². The molecule has 2 aromatic rings. The van der Waals surface area contributed by atoms with Crippen molar-refractivity contribution >= 4 is 36.4 Å². The molecule has 1 aromatic carbocycles. The summed E-state index contributed by atoms with van der Waals surface area (Å²) in [5, 5.41) is 10.3. The molecular weight excluding hydrogens is 351 g/mol. The predicted octanol–water partition coefficient (Wildman–Crippen LogP) is 1.01. The molecule has 0 aliphatic carbocycles. The number of nitrogens with one attached hydrogen (secondary N) is 2. The minimum absolute atomic E-state index is 0. The smallest absolute Gasteiger partial charge is 0.238 e. The molecule has 132 valence electrons. The number of hydrogen-bond acceptors (Lipinski definition) is 5. The topological polar surface area (TPSA) is 75.1 Å². The molecule has 0 saturated carbocycles. The van der Waals surface area contributed by atoms with Crippen LogP contribution < -0.4 is 10.6 Å². The number of aromatic nitrogens is 3. The fourth-order valence-electron chi connectivity index (χ4n) is 2.47. The molecule has 7 nitrogen and oxygen atoms in total. The first-order chi connectivity index (χ1) is 10.8. The molecular formula is C15H22Cl2N6O. The Kier molecular flexibility index (Phi) is 8.70. The van der Waals surface area contributed by atoms with Gasteiger partial charge >= 0.3 is 0 Å². The summed E-state index contributed by atoms with van der Waals surface area (Å²) >= 11 is 0. The van der Waals surface area contributed by atoms with Gasteiger partial charge in [-0.15, -0.1) is 24.8 Å². The van der Waals surface area contributed by atoms with Gasteiger partial charge < -0.3 is 10.6 Å². The molecule has 0 radical (unpaired) electrons. The van der Waals surface area contributed by atoms with E-state index >= 15 is 0 Å². The number of halogens is 2. The second kappa shape index (κ2) is 10.2. The average Bonchev–Trinajstić information content (AvgIpc) is 3.03. The highest BCUT2D eigenvalue weighted by Crippen LogP contribution is 2.10. The standard InChI is InChI=1S/C15H20N6O.2ClH/c22-15(10-20-7-5-16-6-8-20)19-14-3-1-13(2-4-14)9-21-12-17-11-18-21;;/h1-4,11-12,16H,5-10H2,(H,19,22);2*1H. The maximum atomic E-state index is 12.0. The van der Waals surface area contributed by atoms with Crippen LogP contribution in [0.3, 0.4) is 0 Å². The van der Waals surface area contributed by atoms with E-state index in [0.717, 1.165) is 37.4 Å². The number of hydrogen-bond donors (Lipinski definition) is 2. The Morgan fingerprint density at radius 1 is 1.17 bits per heavy atom. The zero-order chi connectivity index (χ0) is 15.2. The van der Waals surface area contributed by atoms with Gasteiger partial charge in [0.05, 0.1) is 13.1 Å². The minimum atomic E-state index is 0. The summed E-state index contributed by atoms with van der Waals surface area (Å²) in [4.78, 5) is 18.1. The Hall–Kier alpha value is -1.67. The quantitative estimate of drug-likeness (QED) is 0.819. The lowest BCUT2D eigenvalue weighted by Gasteiger charge is -2.26. The van der Waals surface area contributed by atoms with E-state index in [1.807, 2.05) is 24.3 Å². The maximum Gasteiger partial charge on any atom is 0.238 e. The zero-order valence-electron chi connectivity index (χ0n) is 13.2. The summed E-state index contributed by atoms with van der Waals surface area (Å²) in [5.41, 5.74) is 1.94. The van der Waals surface area contributed by atoms with Crippen molar-refractivity contribution in [1.82, 2.24) is 25.0 Å². The average molecular weight is 373 g/mol. The van der Waals surface area contributed by atoms with Gasteiger partial charge in [-0.2, -0.15) is 5.10 Å². The number of rotatable bonds is 5. The first-order valence-electron chi connectivity index (χ1n) is 7.44. The summed E-state index contributed by atoms with van der Waals surface area (Å²) in [5.74, 6) is 0.0333. The lowest BCUT2D eigenvalue weighted by atomic mass is 10.2. The van der Waals surface area contributed by atoms with Gasteiger partial charge in [-0.1, -0.05) is 12.1 Å². The van der Waals surface area contributed by atoms with Gasteiger partial charge in [0.25, 0.3) is 0 Å². The molecule has 0 bridgehead atoms. The van der Waals surface area contributed by atoms with Crippen molar-refractivity contribution in [2.24, 2.45) is 0 Å². The number of piperazine rings is 1. The van der Waals surface area contributed by atoms with Crippen LogP contribution in [0.2, 0.25) is 0 Å². The number of nitrogens with zero attached hydrogens (tertiary/aromatic N) is 4. The third kappa shape index (κ3) is 6.09. The minimum Gasteiger partial charge on any atom is -0.325 e. The number of anilines is 1. The van der Waals surface area contributed by atoms with Crippen molar-refractivity contribution in [1.29, 1.82) is 0 Å². The molecule has 0 unspecified atom stereocenters. The van der Waals surface area contributed by atoms with Crippen molar-refractivity contribution < 1.29 is 4.79 Å². The molecule has 0 atom stereocenters. The Balaban J connectivity index is 0.00000144. The lowest BCUT2D eigenvalue weighted by molar-refractivity contribution is -0.117. The Morgan fingerprint density at radius 2 is 1.88 bits per heavy atom. The van der Waals surface area contributed by atoms with Gasteiger partial charge in [-0.05, 0) is 17.7 Å². The maximum absolute atomic E-state index is 12.0. The normalized spacial score (nSPS) is 14.3. The van der Waals surface area contributed by atoms with Crippen LogP contribution in [0, 0.1) is 0 Å². The van der Waals surface area contributed by atoms with E-state index in [9.17, 15) is 4.79 Å². The third-order valence-electron chi connectivity index (χ3n) is 3.63. The molecule has 1 fully saturated rings. The summed E-state index contributed by atoms with van der Waals surface area (Å²) in [7, 11) is 0. The predicted molar refractivity (Wildman–Crippen MR) is 98.0 cm³/mol. The lowest BCUT2D eigenvalue weighted by Crippen LogP contribution is -2.46. The van der Waals surface area contributed by atoms with Gasteiger partial charge in [0.1, 0.15) is 12.7 Å². The Morgan fingerprint density at radius 3 is 2.50 bits per heavy atom. The van der Waals surface area contributed by atoms with Crippen molar-refractivity contribution in [3.63, 3.8) is 0 Å². The zero-order valence-corrected chi connectivity index (χ0v) is 14.9. The summed E-state index contributed by atoms with van der Waals surface area (Å²) in [6.07, 6.45) is 3.20. The van der Waals surface area contributed by atoms with E-state index in [2.05, 4.69) is 25.6 Å². The molecule has 2 heterocycles. The first-order valence-corrected chi connectivity index (χ1v) is 7.44. The SMILES string of the molecule is Cl.Cl.O=C(CN1CCNCC1)Nc1ccc(Cn2cncn2)cc1. The van der Waals surface area contributed by atoms with Crippen LogP contribution in [0.4, 0.5) is 5.69 Å².